The molecule has 0 spiro atoms. The van der Waals surface area contributed by atoms with E-state index in [2.05, 4.69) is 9.97 Å². The monoisotopic (exact) mass is 310 g/mol. The summed E-state index contributed by atoms with van der Waals surface area (Å²) in [6, 6.07) is 6.56. The number of halogens is 3. The Balaban J connectivity index is 1.99. The zero-order chi connectivity index (χ0) is 15.0. The Morgan fingerprint density at radius 2 is 1.95 bits per heavy atom. The Kier molecular flexibility index (Phi) is 3.29. The highest BCUT2D eigenvalue weighted by Crippen LogP contribution is 2.35. The second-order valence-corrected chi connectivity index (χ2v) is 5.62. The van der Waals surface area contributed by atoms with E-state index >= 15 is 0 Å². The second kappa shape index (κ2) is 5.00. The summed E-state index contributed by atoms with van der Waals surface area (Å²) in [5.41, 5.74) is -0.758. The molecule has 0 N–H and O–H groups in total. The van der Waals surface area contributed by atoms with Gasteiger partial charge >= 0.3 is 6.18 Å². The van der Waals surface area contributed by atoms with Gasteiger partial charge in [-0.1, -0.05) is 6.07 Å². The minimum Gasteiger partial charge on any atom is -0.438 e. The van der Waals surface area contributed by atoms with Crippen molar-refractivity contribution in [2.75, 3.05) is 0 Å². The van der Waals surface area contributed by atoms with Crippen molar-refractivity contribution in [1.82, 2.24) is 9.97 Å². The summed E-state index contributed by atoms with van der Waals surface area (Å²) in [5, 5.41) is 0.692. The number of thiophene rings is 1. The highest BCUT2D eigenvalue weighted by Gasteiger charge is 2.30. The number of ether oxygens (including phenoxy) is 1. The van der Waals surface area contributed by atoms with Gasteiger partial charge in [-0.3, -0.25) is 0 Å². The van der Waals surface area contributed by atoms with Crippen molar-refractivity contribution >= 4 is 21.6 Å². The van der Waals surface area contributed by atoms with Gasteiger partial charge in [0.1, 0.15) is 16.9 Å². The van der Waals surface area contributed by atoms with Gasteiger partial charge in [0, 0.05) is 4.88 Å². The van der Waals surface area contributed by atoms with Gasteiger partial charge in [0.25, 0.3) is 0 Å². The van der Waals surface area contributed by atoms with Crippen molar-refractivity contribution in [2.24, 2.45) is 0 Å². The average Bonchev–Trinajstić information content (AvgIpc) is 2.80. The van der Waals surface area contributed by atoms with Crippen LogP contribution in [0.2, 0.25) is 0 Å². The SMILES string of the molecule is Cc1cc2c(Oc3cccc(C(F)(F)F)c3)ncnc2s1. The van der Waals surface area contributed by atoms with E-state index in [0.717, 1.165) is 21.8 Å². The standard InChI is InChI=1S/C14H9F3N2OS/c1-8-5-11-12(18-7-19-13(11)21-8)20-10-4-2-3-9(6-10)14(15,16)17/h2-7H,1H3. The van der Waals surface area contributed by atoms with Crippen molar-refractivity contribution in [1.29, 1.82) is 0 Å². The summed E-state index contributed by atoms with van der Waals surface area (Å²) in [7, 11) is 0. The first-order valence-electron chi connectivity index (χ1n) is 6.00. The number of hydrogen-bond donors (Lipinski definition) is 0. The smallest absolute Gasteiger partial charge is 0.416 e. The van der Waals surface area contributed by atoms with Crippen LogP contribution in [0.1, 0.15) is 10.4 Å². The molecule has 2 heterocycles. The number of fused-ring (bicyclic) bond motifs is 1. The normalized spacial score (nSPS) is 11.8. The molecule has 0 bridgehead atoms. The molecule has 1 aromatic carbocycles. The summed E-state index contributed by atoms with van der Waals surface area (Å²) >= 11 is 1.47. The van der Waals surface area contributed by atoms with Gasteiger partial charge in [0.05, 0.1) is 10.9 Å². The van der Waals surface area contributed by atoms with Crippen LogP contribution in [0.5, 0.6) is 11.6 Å². The molecule has 0 radical (unpaired) electrons. The Morgan fingerprint density at radius 3 is 2.71 bits per heavy atom. The third-order valence-electron chi connectivity index (χ3n) is 2.79. The third kappa shape index (κ3) is 2.82. The fourth-order valence-electron chi connectivity index (χ4n) is 1.88. The van der Waals surface area contributed by atoms with E-state index in [1.807, 2.05) is 13.0 Å². The van der Waals surface area contributed by atoms with Crippen LogP contribution in [0.4, 0.5) is 13.2 Å². The number of aromatic nitrogens is 2. The van der Waals surface area contributed by atoms with E-state index in [-0.39, 0.29) is 11.6 Å². The van der Waals surface area contributed by atoms with Crippen LogP contribution in [-0.2, 0) is 6.18 Å². The van der Waals surface area contributed by atoms with Crippen LogP contribution in [-0.4, -0.2) is 9.97 Å². The lowest BCUT2D eigenvalue weighted by Gasteiger charge is -2.09. The summed E-state index contributed by atoms with van der Waals surface area (Å²) in [5.74, 6) is 0.345. The molecule has 0 saturated carbocycles. The van der Waals surface area contributed by atoms with Crippen molar-refractivity contribution < 1.29 is 17.9 Å². The molecule has 3 aromatic rings. The Bertz CT molecular complexity index is 798. The number of aryl methyl sites for hydroxylation is 1. The molecule has 3 nitrogen and oxygen atoms in total. The molecule has 0 atom stereocenters. The van der Waals surface area contributed by atoms with E-state index < -0.39 is 11.7 Å². The highest BCUT2D eigenvalue weighted by molar-refractivity contribution is 7.18. The molecule has 0 fully saturated rings. The van der Waals surface area contributed by atoms with E-state index in [1.165, 1.54) is 29.8 Å². The maximum Gasteiger partial charge on any atom is 0.416 e. The topological polar surface area (TPSA) is 35.0 Å². The van der Waals surface area contributed by atoms with Crippen molar-refractivity contribution in [3.63, 3.8) is 0 Å². The molecular formula is C14H9F3N2OS. The molecule has 21 heavy (non-hydrogen) atoms. The van der Waals surface area contributed by atoms with Gasteiger partial charge in [0.2, 0.25) is 5.88 Å². The van der Waals surface area contributed by atoms with Gasteiger partial charge in [-0.15, -0.1) is 11.3 Å². The summed E-state index contributed by atoms with van der Waals surface area (Å²) in [6.45, 7) is 1.92. The third-order valence-corrected chi connectivity index (χ3v) is 3.75. The maximum absolute atomic E-state index is 12.7. The lowest BCUT2D eigenvalue weighted by atomic mass is 10.2. The van der Waals surface area contributed by atoms with Crippen LogP contribution in [0.15, 0.2) is 36.7 Å². The highest BCUT2D eigenvalue weighted by atomic mass is 32.1. The van der Waals surface area contributed by atoms with Gasteiger partial charge in [0.15, 0.2) is 0 Å². The molecule has 0 aliphatic rings. The average molecular weight is 310 g/mol. The predicted molar refractivity (Wildman–Crippen MR) is 73.7 cm³/mol. The van der Waals surface area contributed by atoms with Crippen LogP contribution >= 0.6 is 11.3 Å². The van der Waals surface area contributed by atoms with Crippen molar-refractivity contribution in [2.45, 2.75) is 13.1 Å². The van der Waals surface area contributed by atoms with Gasteiger partial charge < -0.3 is 4.74 Å². The molecule has 108 valence electrons. The van der Waals surface area contributed by atoms with Crippen LogP contribution in [0.25, 0.3) is 10.2 Å². The molecule has 0 aliphatic heterocycles. The van der Waals surface area contributed by atoms with E-state index in [0.29, 0.717) is 5.39 Å². The van der Waals surface area contributed by atoms with Gasteiger partial charge in [-0.25, -0.2) is 9.97 Å². The predicted octanol–water partition coefficient (Wildman–Crippen LogP) is 4.81. The number of rotatable bonds is 2. The first-order valence-corrected chi connectivity index (χ1v) is 6.81. The number of alkyl halides is 3. The van der Waals surface area contributed by atoms with Gasteiger partial charge in [-0.05, 0) is 31.2 Å². The quantitative estimate of drug-likeness (QED) is 0.681. The molecular weight excluding hydrogens is 301 g/mol. The van der Waals surface area contributed by atoms with E-state index in [4.69, 9.17) is 4.74 Å². The first kappa shape index (κ1) is 13.8. The van der Waals surface area contributed by atoms with E-state index in [1.54, 1.807) is 0 Å². The molecule has 7 heteroatoms. The van der Waals surface area contributed by atoms with Crippen molar-refractivity contribution in [3.05, 3.63) is 47.1 Å². The zero-order valence-corrected chi connectivity index (χ0v) is 11.6. The van der Waals surface area contributed by atoms with Gasteiger partial charge in [-0.2, -0.15) is 13.2 Å². The Hall–Kier alpha value is -2.15. The van der Waals surface area contributed by atoms with Crippen LogP contribution in [0.3, 0.4) is 0 Å². The minimum absolute atomic E-state index is 0.0914. The fraction of sp³-hybridized carbons (Fsp3) is 0.143. The molecule has 0 saturated heterocycles. The van der Waals surface area contributed by atoms with E-state index in [9.17, 15) is 13.2 Å². The Labute approximate surface area is 122 Å². The lowest BCUT2D eigenvalue weighted by molar-refractivity contribution is -0.137. The fourth-order valence-corrected chi connectivity index (χ4v) is 2.72. The molecule has 0 unspecified atom stereocenters. The minimum atomic E-state index is -4.40. The second-order valence-electron chi connectivity index (χ2n) is 4.38. The summed E-state index contributed by atoms with van der Waals surface area (Å²) < 4.78 is 43.5. The van der Waals surface area contributed by atoms with Crippen LogP contribution in [0, 0.1) is 6.92 Å². The lowest BCUT2D eigenvalue weighted by Crippen LogP contribution is -2.04. The maximum atomic E-state index is 12.7. The zero-order valence-electron chi connectivity index (χ0n) is 10.8. The Morgan fingerprint density at radius 1 is 1.14 bits per heavy atom. The first-order chi connectivity index (χ1) is 9.93. The summed E-state index contributed by atoms with van der Waals surface area (Å²) in [4.78, 5) is 9.88. The molecule has 2 aromatic heterocycles. The summed E-state index contributed by atoms with van der Waals surface area (Å²) in [6.07, 6.45) is -3.07. The van der Waals surface area contributed by atoms with Crippen molar-refractivity contribution in [3.8, 4) is 11.6 Å². The molecule has 0 aliphatic carbocycles. The molecule has 3 rings (SSSR count). The number of hydrogen-bond acceptors (Lipinski definition) is 4. The number of nitrogens with zero attached hydrogens (tertiary/aromatic N) is 2. The largest absolute Gasteiger partial charge is 0.438 e. The van der Waals surface area contributed by atoms with Crippen LogP contribution < -0.4 is 4.74 Å². The number of benzene rings is 1. The molecule has 0 amide bonds.